The molecule has 1 heterocycles. The molecule has 84 valence electrons. The van der Waals surface area contributed by atoms with Crippen LogP contribution in [0.4, 0.5) is 4.39 Å². The lowest BCUT2D eigenvalue weighted by Crippen LogP contribution is -2.06. The topological polar surface area (TPSA) is 29.9 Å². The average Bonchev–Trinajstić information content (AvgIpc) is 2.67. The first-order chi connectivity index (χ1) is 7.70. The van der Waals surface area contributed by atoms with E-state index in [1.807, 2.05) is 13.1 Å². The number of nitrogens with zero attached hydrogens (tertiary/aromatic N) is 2. The monoisotopic (exact) mass is 283 g/mol. The van der Waals surface area contributed by atoms with E-state index in [2.05, 4.69) is 26.3 Å². The Morgan fingerprint density at radius 1 is 1.44 bits per heavy atom. The van der Waals surface area contributed by atoms with E-state index in [0.29, 0.717) is 12.2 Å². The Labute approximate surface area is 101 Å². The van der Waals surface area contributed by atoms with Crippen molar-refractivity contribution in [3.63, 3.8) is 0 Å². The van der Waals surface area contributed by atoms with Gasteiger partial charge in [-0.15, -0.1) is 0 Å². The average molecular weight is 284 g/mol. The van der Waals surface area contributed by atoms with Gasteiger partial charge in [0, 0.05) is 17.2 Å². The molecule has 0 amide bonds. The van der Waals surface area contributed by atoms with Crippen LogP contribution in [0.2, 0.25) is 0 Å². The van der Waals surface area contributed by atoms with Crippen molar-refractivity contribution >= 4 is 15.9 Å². The number of rotatable bonds is 3. The van der Waals surface area contributed by atoms with Gasteiger partial charge in [0.25, 0.3) is 0 Å². The summed E-state index contributed by atoms with van der Waals surface area (Å²) in [6, 6.07) is 6.76. The third-order valence-electron chi connectivity index (χ3n) is 2.16. The van der Waals surface area contributed by atoms with Crippen molar-refractivity contribution in [1.29, 1.82) is 0 Å². The zero-order chi connectivity index (χ0) is 11.5. The van der Waals surface area contributed by atoms with E-state index in [0.717, 1.165) is 10.2 Å². The van der Waals surface area contributed by atoms with Gasteiger partial charge in [-0.2, -0.15) is 5.10 Å². The van der Waals surface area contributed by atoms with Gasteiger partial charge in [-0.3, -0.25) is 0 Å². The zero-order valence-corrected chi connectivity index (χ0v) is 10.3. The van der Waals surface area contributed by atoms with Gasteiger partial charge in [0.15, 0.2) is 0 Å². The molecule has 3 nitrogen and oxygen atoms in total. The standard InChI is InChI=1S/C11H11BrFN3/c1-14-7-9-4-5-16(15-9)11-3-2-8(12)6-10(11)13/h2-6,14H,7H2,1H3. The van der Waals surface area contributed by atoms with Crippen LogP contribution < -0.4 is 5.32 Å². The second-order valence-electron chi connectivity index (χ2n) is 3.38. The van der Waals surface area contributed by atoms with Gasteiger partial charge in [0.1, 0.15) is 11.5 Å². The summed E-state index contributed by atoms with van der Waals surface area (Å²) in [7, 11) is 1.85. The van der Waals surface area contributed by atoms with E-state index in [4.69, 9.17) is 0 Å². The van der Waals surface area contributed by atoms with Crippen LogP contribution in [-0.4, -0.2) is 16.8 Å². The molecule has 0 spiro atoms. The fourth-order valence-corrected chi connectivity index (χ4v) is 1.77. The Balaban J connectivity index is 2.35. The van der Waals surface area contributed by atoms with Crippen LogP contribution in [0.3, 0.4) is 0 Å². The molecule has 0 bridgehead atoms. The van der Waals surface area contributed by atoms with Gasteiger partial charge in [0.2, 0.25) is 0 Å². The molecule has 0 saturated heterocycles. The van der Waals surface area contributed by atoms with E-state index in [-0.39, 0.29) is 5.82 Å². The number of halogens is 2. The van der Waals surface area contributed by atoms with Crippen LogP contribution >= 0.6 is 15.9 Å². The molecule has 0 atom stereocenters. The van der Waals surface area contributed by atoms with E-state index < -0.39 is 0 Å². The lowest BCUT2D eigenvalue weighted by atomic mass is 10.3. The van der Waals surface area contributed by atoms with Crippen LogP contribution in [0.5, 0.6) is 0 Å². The first-order valence-corrected chi connectivity index (χ1v) is 5.64. The predicted molar refractivity (Wildman–Crippen MR) is 64.0 cm³/mol. The molecular weight excluding hydrogens is 273 g/mol. The summed E-state index contributed by atoms with van der Waals surface area (Å²) in [5.41, 5.74) is 1.33. The summed E-state index contributed by atoms with van der Waals surface area (Å²) < 4.78 is 15.9. The number of nitrogens with one attached hydrogen (secondary N) is 1. The fraction of sp³-hybridized carbons (Fsp3) is 0.182. The van der Waals surface area contributed by atoms with Crippen molar-refractivity contribution in [2.24, 2.45) is 0 Å². The van der Waals surface area contributed by atoms with Crippen LogP contribution in [0, 0.1) is 5.82 Å². The van der Waals surface area contributed by atoms with E-state index in [1.54, 1.807) is 18.3 Å². The molecule has 5 heteroatoms. The summed E-state index contributed by atoms with van der Waals surface area (Å²) in [6.45, 7) is 0.672. The van der Waals surface area contributed by atoms with Gasteiger partial charge in [-0.25, -0.2) is 9.07 Å². The first-order valence-electron chi connectivity index (χ1n) is 4.85. The van der Waals surface area contributed by atoms with Gasteiger partial charge < -0.3 is 5.32 Å². The van der Waals surface area contributed by atoms with Gasteiger partial charge in [0.05, 0.1) is 5.69 Å². The summed E-state index contributed by atoms with van der Waals surface area (Å²) in [5, 5.41) is 7.26. The third-order valence-corrected chi connectivity index (χ3v) is 2.65. The maximum absolute atomic E-state index is 13.6. The smallest absolute Gasteiger partial charge is 0.149 e. The van der Waals surface area contributed by atoms with Crippen molar-refractivity contribution in [2.75, 3.05) is 7.05 Å². The highest BCUT2D eigenvalue weighted by Crippen LogP contribution is 2.18. The lowest BCUT2D eigenvalue weighted by Gasteiger charge is -2.03. The molecule has 1 aromatic carbocycles. The molecule has 1 aromatic heterocycles. The summed E-state index contributed by atoms with van der Waals surface area (Å²) >= 11 is 3.22. The molecule has 0 aliphatic heterocycles. The predicted octanol–water partition coefficient (Wildman–Crippen LogP) is 2.49. The Morgan fingerprint density at radius 3 is 2.94 bits per heavy atom. The van der Waals surface area contributed by atoms with Gasteiger partial charge in [-0.1, -0.05) is 15.9 Å². The minimum absolute atomic E-state index is 0.298. The number of hydrogen-bond acceptors (Lipinski definition) is 2. The number of hydrogen-bond donors (Lipinski definition) is 1. The second kappa shape index (κ2) is 4.76. The van der Waals surface area contributed by atoms with Gasteiger partial charge in [-0.05, 0) is 31.3 Å². The molecule has 0 unspecified atom stereocenters. The summed E-state index contributed by atoms with van der Waals surface area (Å²) in [5.74, 6) is -0.298. The molecule has 0 aliphatic carbocycles. The van der Waals surface area contributed by atoms with E-state index in [1.165, 1.54) is 10.7 Å². The molecule has 0 aliphatic rings. The normalized spacial score (nSPS) is 10.7. The van der Waals surface area contributed by atoms with E-state index in [9.17, 15) is 4.39 Å². The van der Waals surface area contributed by atoms with Crippen LogP contribution in [0.1, 0.15) is 5.69 Å². The second-order valence-corrected chi connectivity index (χ2v) is 4.29. The Bertz CT molecular complexity index is 496. The maximum atomic E-state index is 13.6. The largest absolute Gasteiger partial charge is 0.314 e. The van der Waals surface area contributed by atoms with E-state index >= 15 is 0 Å². The Hall–Kier alpha value is -1.20. The van der Waals surface area contributed by atoms with Crippen molar-refractivity contribution < 1.29 is 4.39 Å². The third kappa shape index (κ3) is 2.31. The van der Waals surface area contributed by atoms with Crippen LogP contribution in [0.25, 0.3) is 5.69 Å². The minimum Gasteiger partial charge on any atom is -0.314 e. The summed E-state index contributed by atoms with van der Waals surface area (Å²) in [4.78, 5) is 0. The van der Waals surface area contributed by atoms with Crippen molar-refractivity contribution in [3.05, 3.63) is 46.4 Å². The Morgan fingerprint density at radius 2 is 2.25 bits per heavy atom. The number of aromatic nitrogens is 2. The molecule has 16 heavy (non-hydrogen) atoms. The molecular formula is C11H11BrFN3. The minimum atomic E-state index is -0.298. The molecule has 1 N–H and O–H groups in total. The van der Waals surface area contributed by atoms with Crippen molar-refractivity contribution in [3.8, 4) is 5.69 Å². The van der Waals surface area contributed by atoms with Crippen LogP contribution in [-0.2, 0) is 6.54 Å². The van der Waals surface area contributed by atoms with Gasteiger partial charge >= 0.3 is 0 Å². The molecule has 2 aromatic rings. The molecule has 0 fully saturated rings. The summed E-state index contributed by atoms with van der Waals surface area (Å²) in [6.07, 6.45) is 1.75. The number of benzene rings is 1. The highest BCUT2D eigenvalue weighted by molar-refractivity contribution is 9.10. The van der Waals surface area contributed by atoms with Crippen molar-refractivity contribution in [2.45, 2.75) is 6.54 Å². The first kappa shape index (κ1) is 11.3. The maximum Gasteiger partial charge on any atom is 0.149 e. The molecule has 2 rings (SSSR count). The zero-order valence-electron chi connectivity index (χ0n) is 8.74. The van der Waals surface area contributed by atoms with Crippen LogP contribution in [0.15, 0.2) is 34.9 Å². The molecule has 0 radical (unpaired) electrons. The SMILES string of the molecule is CNCc1ccn(-c2ccc(Br)cc2F)n1. The lowest BCUT2D eigenvalue weighted by molar-refractivity contribution is 0.608. The molecule has 0 saturated carbocycles. The highest BCUT2D eigenvalue weighted by Gasteiger charge is 2.06. The quantitative estimate of drug-likeness (QED) is 0.938. The fourth-order valence-electron chi connectivity index (χ4n) is 1.44. The Kier molecular flexibility index (Phi) is 3.36. The van der Waals surface area contributed by atoms with Crippen molar-refractivity contribution in [1.82, 2.24) is 15.1 Å². The highest BCUT2D eigenvalue weighted by atomic mass is 79.9.